The van der Waals surface area contributed by atoms with E-state index in [2.05, 4.69) is 20.0 Å². The first-order valence-electron chi connectivity index (χ1n) is 8.16. The van der Waals surface area contributed by atoms with E-state index in [-0.39, 0.29) is 36.8 Å². The molecule has 2 aliphatic rings. The standard InChI is InChI=1S/C17H20N4O2S.2ClH/c1-23-10-12-13-9-14(17(22)19-11-5-7-18-8-6-11)24-16-4-2-3-15(20-12)21(13)16;;/h2-4,9,11,18H,5-8,10H2,1H3,(H,19,22);2*1H. The molecule has 0 radical (unpaired) electrons. The normalized spacial score (nSPS) is 16.4. The number of carbonyl (C=O) groups excluding carboxylic acids is 1. The molecule has 2 N–H and O–H groups in total. The predicted molar refractivity (Wildman–Crippen MR) is 108 cm³/mol. The summed E-state index contributed by atoms with van der Waals surface area (Å²) in [7, 11) is 1.66. The summed E-state index contributed by atoms with van der Waals surface area (Å²) in [6.07, 6.45) is 3.89. The summed E-state index contributed by atoms with van der Waals surface area (Å²) in [6.45, 7) is 2.35. The highest BCUT2D eigenvalue weighted by molar-refractivity contribution is 8.04. The average molecular weight is 417 g/mol. The molecule has 2 aromatic rings. The highest BCUT2D eigenvalue weighted by atomic mass is 35.5. The number of rotatable bonds is 4. The minimum Gasteiger partial charge on any atom is -0.378 e. The number of pyridine rings is 1. The number of hydrogen-bond acceptors (Lipinski definition) is 5. The molecule has 0 aliphatic carbocycles. The number of ether oxygens (including phenoxy) is 1. The lowest BCUT2D eigenvalue weighted by Gasteiger charge is -2.24. The molecule has 0 spiro atoms. The first-order chi connectivity index (χ1) is 11.8. The Morgan fingerprint density at radius 3 is 2.88 bits per heavy atom. The van der Waals surface area contributed by atoms with E-state index in [1.807, 2.05) is 24.3 Å². The maximum atomic E-state index is 12.7. The van der Waals surface area contributed by atoms with E-state index in [0.29, 0.717) is 11.5 Å². The lowest BCUT2D eigenvalue weighted by molar-refractivity contribution is -0.117. The third kappa shape index (κ3) is 4.02. The average Bonchev–Trinajstić information content (AvgIpc) is 2.95. The Bertz CT molecular complexity index is 818. The van der Waals surface area contributed by atoms with Crippen LogP contribution in [-0.2, 0) is 16.1 Å². The molecule has 1 fully saturated rings. The van der Waals surface area contributed by atoms with Crippen LogP contribution in [0.4, 0.5) is 0 Å². The molecule has 0 unspecified atom stereocenters. The fourth-order valence-corrected chi connectivity index (χ4v) is 4.18. The Kier molecular flexibility index (Phi) is 7.37. The number of carbonyl (C=O) groups is 1. The summed E-state index contributed by atoms with van der Waals surface area (Å²) in [4.78, 5) is 18.0. The van der Waals surface area contributed by atoms with Gasteiger partial charge in [-0.3, -0.25) is 9.20 Å². The maximum Gasteiger partial charge on any atom is 0.258 e. The molecule has 2 aromatic heterocycles. The van der Waals surface area contributed by atoms with Crippen LogP contribution in [0.25, 0.3) is 11.7 Å². The maximum absolute atomic E-state index is 12.7. The van der Waals surface area contributed by atoms with Gasteiger partial charge in [0.25, 0.3) is 5.91 Å². The molecule has 9 heteroatoms. The van der Waals surface area contributed by atoms with Gasteiger partial charge < -0.3 is 15.4 Å². The van der Waals surface area contributed by atoms with Crippen molar-refractivity contribution in [1.82, 2.24) is 20.0 Å². The Balaban J connectivity index is 0.00000121. The second kappa shape index (κ2) is 9.10. The molecule has 0 atom stereocenters. The Morgan fingerprint density at radius 2 is 2.15 bits per heavy atom. The second-order valence-electron chi connectivity index (χ2n) is 6.04. The molecule has 0 bridgehead atoms. The van der Waals surface area contributed by atoms with Gasteiger partial charge in [-0.05, 0) is 44.1 Å². The molecule has 26 heavy (non-hydrogen) atoms. The van der Waals surface area contributed by atoms with Crippen molar-refractivity contribution in [3.05, 3.63) is 34.5 Å². The molecular formula is C17H22Cl2N4O2S. The topological polar surface area (TPSA) is 67.7 Å². The zero-order chi connectivity index (χ0) is 16.5. The van der Waals surface area contributed by atoms with E-state index in [9.17, 15) is 4.79 Å². The van der Waals surface area contributed by atoms with Gasteiger partial charge in [0.1, 0.15) is 5.65 Å². The summed E-state index contributed by atoms with van der Waals surface area (Å²) in [5.74, 6) is -0.000259. The van der Waals surface area contributed by atoms with Crippen LogP contribution < -0.4 is 10.6 Å². The van der Waals surface area contributed by atoms with Crippen LogP contribution in [0, 0.1) is 0 Å². The first kappa shape index (κ1) is 21.1. The number of methoxy groups -OCH3 is 1. The first-order valence-corrected chi connectivity index (χ1v) is 8.98. The van der Waals surface area contributed by atoms with Gasteiger partial charge in [-0.15, -0.1) is 24.8 Å². The number of imidazole rings is 1. The molecule has 4 heterocycles. The number of thioether (sulfide) groups is 1. The molecule has 142 valence electrons. The highest BCUT2D eigenvalue weighted by Crippen LogP contribution is 2.36. The lowest BCUT2D eigenvalue weighted by atomic mass is 10.1. The van der Waals surface area contributed by atoms with Crippen molar-refractivity contribution in [3.63, 3.8) is 0 Å². The summed E-state index contributed by atoms with van der Waals surface area (Å²) >= 11 is 1.49. The van der Waals surface area contributed by atoms with Crippen LogP contribution >= 0.6 is 36.6 Å². The van der Waals surface area contributed by atoms with Crippen LogP contribution in [0.1, 0.15) is 24.2 Å². The second-order valence-corrected chi connectivity index (χ2v) is 7.10. The van der Waals surface area contributed by atoms with Crippen molar-refractivity contribution in [3.8, 4) is 0 Å². The molecule has 2 aliphatic heterocycles. The number of nitrogens with one attached hydrogen (secondary N) is 2. The number of hydrogen-bond donors (Lipinski definition) is 2. The van der Waals surface area contributed by atoms with E-state index in [1.54, 1.807) is 7.11 Å². The monoisotopic (exact) mass is 416 g/mol. The lowest BCUT2D eigenvalue weighted by Crippen LogP contribution is -2.43. The van der Waals surface area contributed by atoms with Gasteiger partial charge in [0.2, 0.25) is 0 Å². The smallest absolute Gasteiger partial charge is 0.258 e. The van der Waals surface area contributed by atoms with Crippen molar-refractivity contribution < 1.29 is 9.53 Å². The quantitative estimate of drug-likeness (QED) is 0.801. The van der Waals surface area contributed by atoms with E-state index in [1.165, 1.54) is 11.8 Å². The minimum atomic E-state index is -0.000259. The van der Waals surface area contributed by atoms with Crippen molar-refractivity contribution in [2.24, 2.45) is 0 Å². The van der Waals surface area contributed by atoms with Gasteiger partial charge in [-0.1, -0.05) is 17.8 Å². The van der Waals surface area contributed by atoms with Crippen LogP contribution in [0.5, 0.6) is 0 Å². The number of nitrogens with zero attached hydrogens (tertiary/aromatic N) is 2. The number of aromatic nitrogens is 2. The zero-order valence-corrected chi connectivity index (χ0v) is 16.8. The SMILES string of the molecule is COCc1nc2cccc3n2c1C=C(C(=O)NC1CCNCC1)S3.Cl.Cl. The highest BCUT2D eigenvalue weighted by Gasteiger charge is 2.24. The predicted octanol–water partition coefficient (Wildman–Crippen LogP) is 2.64. The van der Waals surface area contributed by atoms with Gasteiger partial charge in [-0.25, -0.2) is 4.98 Å². The van der Waals surface area contributed by atoms with Crippen LogP contribution in [0.2, 0.25) is 0 Å². The molecule has 1 saturated heterocycles. The summed E-state index contributed by atoms with van der Waals surface area (Å²) in [6, 6.07) is 6.21. The van der Waals surface area contributed by atoms with Crippen LogP contribution in [0.3, 0.4) is 0 Å². The van der Waals surface area contributed by atoms with E-state index in [4.69, 9.17) is 4.74 Å². The third-order valence-corrected chi connectivity index (χ3v) is 5.43. The number of piperidine rings is 1. The van der Waals surface area contributed by atoms with E-state index in [0.717, 1.165) is 48.0 Å². The van der Waals surface area contributed by atoms with E-state index >= 15 is 0 Å². The van der Waals surface area contributed by atoms with Crippen molar-refractivity contribution in [2.75, 3.05) is 20.2 Å². The van der Waals surface area contributed by atoms with Crippen molar-refractivity contribution in [1.29, 1.82) is 0 Å². The third-order valence-electron chi connectivity index (χ3n) is 4.38. The summed E-state index contributed by atoms with van der Waals surface area (Å²) < 4.78 is 7.35. The molecule has 0 saturated carbocycles. The summed E-state index contributed by atoms with van der Waals surface area (Å²) in [5.41, 5.74) is 2.69. The number of halogens is 2. The molecule has 0 aromatic carbocycles. The van der Waals surface area contributed by atoms with Crippen molar-refractivity contribution in [2.45, 2.75) is 30.5 Å². The largest absolute Gasteiger partial charge is 0.378 e. The van der Waals surface area contributed by atoms with Gasteiger partial charge in [0.05, 0.1) is 27.9 Å². The van der Waals surface area contributed by atoms with Crippen LogP contribution in [-0.4, -0.2) is 41.5 Å². The van der Waals surface area contributed by atoms with Crippen molar-refractivity contribution >= 4 is 54.2 Å². The molecule has 1 amide bonds. The van der Waals surface area contributed by atoms with E-state index < -0.39 is 0 Å². The molecular weight excluding hydrogens is 395 g/mol. The Morgan fingerprint density at radius 1 is 1.38 bits per heavy atom. The fraction of sp³-hybridized carbons (Fsp3) is 0.412. The zero-order valence-electron chi connectivity index (χ0n) is 14.4. The Labute approximate surface area is 169 Å². The fourth-order valence-electron chi connectivity index (χ4n) is 3.20. The van der Waals surface area contributed by atoms with Gasteiger partial charge in [0.15, 0.2) is 0 Å². The summed E-state index contributed by atoms with van der Waals surface area (Å²) in [5, 5.41) is 7.49. The minimum absolute atomic E-state index is 0. The van der Waals surface area contributed by atoms with Gasteiger partial charge >= 0.3 is 0 Å². The molecule has 6 nitrogen and oxygen atoms in total. The van der Waals surface area contributed by atoms with Crippen LogP contribution in [0.15, 0.2) is 28.1 Å². The van der Waals surface area contributed by atoms with Gasteiger partial charge in [-0.2, -0.15) is 0 Å². The number of amides is 1. The Hall–Kier alpha value is -1.25. The molecule has 4 rings (SSSR count). The van der Waals surface area contributed by atoms with Gasteiger partial charge in [0, 0.05) is 13.2 Å².